The third kappa shape index (κ3) is 9.11. The van der Waals surface area contributed by atoms with Gasteiger partial charge in [0.15, 0.2) is 0 Å². The van der Waals surface area contributed by atoms with E-state index < -0.39 is 4.92 Å². The molecule has 0 aliphatic carbocycles. The van der Waals surface area contributed by atoms with Gasteiger partial charge >= 0.3 is 0 Å². The molecule has 190 valence electrons. The van der Waals surface area contributed by atoms with E-state index in [0.717, 1.165) is 24.5 Å². The molecular formula is C27H30ClN3O5. The van der Waals surface area contributed by atoms with Crippen molar-refractivity contribution in [1.82, 2.24) is 0 Å². The number of hydrogen-bond donors (Lipinski definition) is 1. The van der Waals surface area contributed by atoms with Crippen molar-refractivity contribution in [3.8, 4) is 17.2 Å². The Morgan fingerprint density at radius 1 is 0.889 bits per heavy atom. The van der Waals surface area contributed by atoms with Gasteiger partial charge in [-0.1, -0.05) is 37.8 Å². The number of hydrogen-bond acceptors (Lipinski definition) is 7. The Bertz CT molecular complexity index is 1120. The minimum absolute atomic E-state index is 0.0133. The van der Waals surface area contributed by atoms with Gasteiger partial charge in [0.25, 0.3) is 5.69 Å². The molecule has 3 rings (SSSR count). The molecule has 0 aliphatic heterocycles. The summed E-state index contributed by atoms with van der Waals surface area (Å²) in [5.74, 6) is 2.17. The highest BCUT2D eigenvalue weighted by Crippen LogP contribution is 2.22. The number of nitro groups is 1. The van der Waals surface area contributed by atoms with Crippen LogP contribution in [0.25, 0.3) is 0 Å². The van der Waals surface area contributed by atoms with Crippen LogP contribution in [-0.4, -0.2) is 31.0 Å². The van der Waals surface area contributed by atoms with E-state index >= 15 is 0 Å². The number of anilines is 1. The van der Waals surface area contributed by atoms with Crippen molar-refractivity contribution in [2.75, 3.05) is 25.2 Å². The second-order valence-corrected chi connectivity index (χ2v) is 8.37. The molecule has 0 radical (unpaired) electrons. The van der Waals surface area contributed by atoms with Gasteiger partial charge < -0.3 is 14.2 Å². The van der Waals surface area contributed by atoms with Crippen LogP contribution in [0, 0.1) is 10.1 Å². The largest absolute Gasteiger partial charge is 0.494 e. The van der Waals surface area contributed by atoms with E-state index in [1.54, 1.807) is 36.5 Å². The first-order chi connectivity index (χ1) is 17.5. The van der Waals surface area contributed by atoms with Crippen LogP contribution in [0.5, 0.6) is 17.2 Å². The van der Waals surface area contributed by atoms with Crippen molar-refractivity contribution < 1.29 is 19.1 Å². The highest BCUT2D eigenvalue weighted by molar-refractivity contribution is 6.30. The molecule has 3 aromatic carbocycles. The number of halogens is 1. The van der Waals surface area contributed by atoms with Gasteiger partial charge in [0.2, 0.25) is 0 Å². The molecule has 0 aromatic heterocycles. The molecule has 1 N–H and O–H groups in total. The Morgan fingerprint density at radius 2 is 1.56 bits per heavy atom. The lowest BCUT2D eigenvalue weighted by Crippen LogP contribution is -2.10. The Hall–Kier alpha value is -3.78. The Balaban J connectivity index is 1.45. The summed E-state index contributed by atoms with van der Waals surface area (Å²) < 4.78 is 17.4. The van der Waals surface area contributed by atoms with E-state index in [0.29, 0.717) is 35.2 Å². The molecule has 36 heavy (non-hydrogen) atoms. The second-order valence-electron chi connectivity index (χ2n) is 7.93. The first-order valence-electron chi connectivity index (χ1n) is 11.9. The fourth-order valence-corrected chi connectivity index (χ4v) is 3.43. The zero-order valence-corrected chi connectivity index (χ0v) is 20.9. The molecule has 0 bridgehead atoms. The number of nitrogens with zero attached hydrogens (tertiary/aromatic N) is 2. The van der Waals surface area contributed by atoms with Crippen molar-refractivity contribution >= 4 is 29.2 Å². The van der Waals surface area contributed by atoms with Gasteiger partial charge in [-0.3, -0.25) is 15.5 Å². The topological polar surface area (TPSA) is 95.2 Å². The summed E-state index contributed by atoms with van der Waals surface area (Å²) in [6.07, 6.45) is 6.28. The van der Waals surface area contributed by atoms with Gasteiger partial charge in [-0.05, 0) is 61.0 Å². The molecule has 0 aliphatic rings. The van der Waals surface area contributed by atoms with Gasteiger partial charge in [-0.25, -0.2) is 0 Å². The third-order valence-electron chi connectivity index (χ3n) is 5.15. The Morgan fingerprint density at radius 3 is 2.22 bits per heavy atom. The van der Waals surface area contributed by atoms with E-state index in [-0.39, 0.29) is 5.69 Å². The van der Waals surface area contributed by atoms with Crippen molar-refractivity contribution in [1.29, 1.82) is 0 Å². The fourth-order valence-electron chi connectivity index (χ4n) is 3.25. The van der Waals surface area contributed by atoms with E-state index in [9.17, 15) is 10.1 Å². The van der Waals surface area contributed by atoms with Crippen LogP contribution in [0.3, 0.4) is 0 Å². The van der Waals surface area contributed by atoms with E-state index in [4.69, 9.17) is 25.8 Å². The summed E-state index contributed by atoms with van der Waals surface area (Å²) in [6, 6.07) is 18.8. The van der Waals surface area contributed by atoms with Gasteiger partial charge in [-0.15, -0.1) is 0 Å². The number of nitrogens with one attached hydrogen (secondary N) is 1. The minimum Gasteiger partial charge on any atom is -0.494 e. The summed E-state index contributed by atoms with van der Waals surface area (Å²) >= 11 is 6.13. The van der Waals surface area contributed by atoms with Gasteiger partial charge in [0, 0.05) is 22.7 Å². The number of nitro benzene ring substituents is 1. The molecule has 0 heterocycles. The van der Waals surface area contributed by atoms with Crippen molar-refractivity contribution in [2.24, 2.45) is 5.10 Å². The van der Waals surface area contributed by atoms with Crippen LogP contribution in [0.15, 0.2) is 71.8 Å². The van der Waals surface area contributed by atoms with Gasteiger partial charge in [0.1, 0.15) is 30.5 Å². The number of unbranched alkanes of at least 4 members (excludes halogenated alkanes) is 3. The quantitative estimate of drug-likeness (QED) is 0.101. The summed E-state index contributed by atoms with van der Waals surface area (Å²) in [7, 11) is 0. The van der Waals surface area contributed by atoms with E-state index in [2.05, 4.69) is 17.5 Å². The zero-order chi connectivity index (χ0) is 25.6. The highest BCUT2D eigenvalue weighted by Gasteiger charge is 2.05. The van der Waals surface area contributed by atoms with Crippen molar-refractivity contribution in [2.45, 2.75) is 32.6 Å². The van der Waals surface area contributed by atoms with Crippen LogP contribution in [0.4, 0.5) is 11.4 Å². The lowest BCUT2D eigenvalue weighted by molar-refractivity contribution is -0.384. The normalized spacial score (nSPS) is 10.8. The number of non-ortho nitro benzene ring substituents is 1. The molecule has 0 atom stereocenters. The minimum atomic E-state index is -0.452. The van der Waals surface area contributed by atoms with Crippen LogP contribution < -0.4 is 19.6 Å². The lowest BCUT2D eigenvalue weighted by atomic mass is 10.2. The summed E-state index contributed by atoms with van der Waals surface area (Å²) in [5, 5.41) is 15.5. The molecule has 0 spiro atoms. The monoisotopic (exact) mass is 511 g/mol. The maximum Gasteiger partial charge on any atom is 0.269 e. The first kappa shape index (κ1) is 26.8. The third-order valence-corrected chi connectivity index (χ3v) is 5.38. The summed E-state index contributed by atoms with van der Waals surface area (Å²) in [6.45, 7) is 3.60. The standard InChI is InChI=1S/C27H30ClN3O5/c1-2-3-4-5-16-34-25-11-13-26(14-12-25)35-17-18-36-27-15-6-22(28)19-21(27)20-29-30-23-7-9-24(10-8-23)31(32)33/h6-15,19-20,30H,2-5,16-18H2,1H3. The van der Waals surface area contributed by atoms with E-state index in [1.165, 1.54) is 31.4 Å². The average Bonchev–Trinajstić information content (AvgIpc) is 2.88. The molecule has 0 saturated carbocycles. The number of benzene rings is 3. The Kier molecular flexibility index (Phi) is 10.9. The predicted octanol–water partition coefficient (Wildman–Crippen LogP) is 7.11. The first-order valence-corrected chi connectivity index (χ1v) is 12.2. The fraction of sp³-hybridized carbons (Fsp3) is 0.296. The maximum atomic E-state index is 10.8. The van der Waals surface area contributed by atoms with Crippen LogP contribution in [0.2, 0.25) is 5.02 Å². The number of ether oxygens (including phenoxy) is 3. The SMILES string of the molecule is CCCCCCOc1ccc(OCCOc2ccc(Cl)cc2C=NNc2ccc([N+](=O)[O-])cc2)cc1. The molecule has 3 aromatic rings. The molecule has 0 saturated heterocycles. The van der Waals surface area contributed by atoms with Crippen molar-refractivity contribution in [3.05, 3.63) is 87.4 Å². The van der Waals surface area contributed by atoms with Crippen LogP contribution in [-0.2, 0) is 0 Å². The smallest absolute Gasteiger partial charge is 0.269 e. The average molecular weight is 512 g/mol. The molecule has 0 amide bonds. The summed E-state index contributed by atoms with van der Waals surface area (Å²) in [5.41, 5.74) is 4.14. The predicted molar refractivity (Wildman–Crippen MR) is 143 cm³/mol. The zero-order valence-electron chi connectivity index (χ0n) is 20.2. The highest BCUT2D eigenvalue weighted by atomic mass is 35.5. The van der Waals surface area contributed by atoms with Gasteiger partial charge in [-0.2, -0.15) is 5.10 Å². The molecule has 0 unspecified atom stereocenters. The van der Waals surface area contributed by atoms with Crippen LogP contribution in [0.1, 0.15) is 38.2 Å². The maximum absolute atomic E-state index is 10.8. The Labute approximate surface area is 216 Å². The van der Waals surface area contributed by atoms with Crippen molar-refractivity contribution in [3.63, 3.8) is 0 Å². The second kappa shape index (κ2) is 14.6. The van der Waals surface area contributed by atoms with Gasteiger partial charge in [0.05, 0.1) is 23.4 Å². The lowest BCUT2D eigenvalue weighted by Gasteiger charge is -2.11. The molecule has 0 fully saturated rings. The van der Waals surface area contributed by atoms with Crippen LogP contribution >= 0.6 is 11.6 Å². The summed E-state index contributed by atoms with van der Waals surface area (Å²) in [4.78, 5) is 10.3. The number of hydrazone groups is 1. The molecule has 9 heteroatoms. The number of rotatable bonds is 15. The molecular weight excluding hydrogens is 482 g/mol. The van der Waals surface area contributed by atoms with E-state index in [1.807, 2.05) is 24.3 Å². The molecule has 8 nitrogen and oxygen atoms in total.